The van der Waals surface area contributed by atoms with Crippen LogP contribution in [0.3, 0.4) is 0 Å². The van der Waals surface area contributed by atoms with Gasteiger partial charge in [0.2, 0.25) is 0 Å². The summed E-state index contributed by atoms with van der Waals surface area (Å²) < 4.78 is 1.17. The number of benzene rings is 1. The molecular weight excluding hydrogens is 182 g/mol. The average molecular weight is 198 g/mol. The molecule has 1 heteroatoms. The third-order valence-corrected chi connectivity index (χ3v) is 3.57. The van der Waals surface area contributed by atoms with Crippen LogP contribution >= 0.6 is 0 Å². The fourth-order valence-corrected chi connectivity index (χ4v) is 2.55. The molecule has 1 aromatic carbocycles. The zero-order valence-corrected chi connectivity index (χ0v) is 8.84. The van der Waals surface area contributed by atoms with E-state index < -0.39 is 0 Å². The second-order valence-corrected chi connectivity index (χ2v) is 4.43. The summed E-state index contributed by atoms with van der Waals surface area (Å²) in [6, 6.07) is 11.6. The van der Waals surface area contributed by atoms with Crippen LogP contribution in [0.25, 0.3) is 0 Å². The minimum absolute atomic E-state index is 0.664. The highest BCUT2D eigenvalue weighted by molar-refractivity contribution is 5.49. The standard InChI is InChI=1S/C14H16N/c1-3-7-13(8-4-1)15(11-12-15)14-9-5-2-6-10-14/h1-9,14H,10-12H2/q+1. The molecule has 1 aromatic rings. The lowest BCUT2D eigenvalue weighted by atomic mass is 10.1. The molecule has 0 radical (unpaired) electrons. The number of rotatable bonds is 2. The summed E-state index contributed by atoms with van der Waals surface area (Å²) in [5.74, 6) is 0. The van der Waals surface area contributed by atoms with Gasteiger partial charge in [0.05, 0.1) is 0 Å². The summed E-state index contributed by atoms with van der Waals surface area (Å²) in [5.41, 5.74) is 1.47. The molecule has 0 saturated carbocycles. The van der Waals surface area contributed by atoms with Crippen molar-refractivity contribution in [1.29, 1.82) is 0 Å². The van der Waals surface area contributed by atoms with Gasteiger partial charge in [-0.25, -0.2) is 0 Å². The number of allylic oxidation sites excluding steroid dienone is 2. The molecule has 76 valence electrons. The molecule has 1 saturated heterocycles. The van der Waals surface area contributed by atoms with Crippen LogP contribution < -0.4 is 4.48 Å². The Morgan fingerprint density at radius 3 is 2.40 bits per heavy atom. The first-order chi connectivity index (χ1) is 7.42. The number of hydrogen-bond donors (Lipinski definition) is 0. The van der Waals surface area contributed by atoms with Crippen LogP contribution in [-0.4, -0.2) is 19.1 Å². The smallest absolute Gasteiger partial charge is 0.134 e. The molecule has 1 aliphatic carbocycles. The lowest BCUT2D eigenvalue weighted by Gasteiger charge is -2.26. The van der Waals surface area contributed by atoms with Gasteiger partial charge >= 0.3 is 0 Å². The molecule has 0 N–H and O–H groups in total. The average Bonchev–Trinajstić information content (AvgIpc) is 3.13. The van der Waals surface area contributed by atoms with Gasteiger partial charge in [-0.3, -0.25) is 4.48 Å². The molecule has 1 atom stereocenters. The summed E-state index contributed by atoms with van der Waals surface area (Å²) >= 11 is 0. The number of nitrogens with zero attached hydrogens (tertiary/aromatic N) is 1. The van der Waals surface area contributed by atoms with Gasteiger partial charge in [0.1, 0.15) is 24.8 Å². The highest BCUT2D eigenvalue weighted by atomic mass is 15.5. The van der Waals surface area contributed by atoms with Gasteiger partial charge in [0.25, 0.3) is 0 Å². The van der Waals surface area contributed by atoms with E-state index in [0.29, 0.717) is 6.04 Å². The van der Waals surface area contributed by atoms with Crippen molar-refractivity contribution in [1.82, 2.24) is 4.48 Å². The van der Waals surface area contributed by atoms with Crippen LogP contribution in [-0.2, 0) is 0 Å². The van der Waals surface area contributed by atoms with Crippen LogP contribution in [0.5, 0.6) is 0 Å². The highest BCUT2D eigenvalue weighted by Crippen LogP contribution is 2.37. The Bertz CT molecular complexity index is 399. The van der Waals surface area contributed by atoms with Crippen LogP contribution in [0.15, 0.2) is 54.6 Å². The van der Waals surface area contributed by atoms with E-state index in [0.717, 1.165) is 0 Å². The van der Waals surface area contributed by atoms with Gasteiger partial charge in [-0.2, -0.15) is 0 Å². The van der Waals surface area contributed by atoms with E-state index in [1.54, 1.807) is 0 Å². The topological polar surface area (TPSA) is 0 Å². The van der Waals surface area contributed by atoms with E-state index in [1.165, 1.54) is 29.7 Å². The van der Waals surface area contributed by atoms with Crippen molar-refractivity contribution < 1.29 is 0 Å². The second kappa shape index (κ2) is 3.35. The Kier molecular flexibility index (Phi) is 2.00. The van der Waals surface area contributed by atoms with Crippen molar-refractivity contribution in [3.63, 3.8) is 0 Å². The molecule has 1 unspecified atom stereocenters. The SMILES string of the molecule is C1=CCC([N+]2(c3ccccc3)CC2)C=C1. The molecule has 1 fully saturated rings. The number of para-hydroxylation sites is 1. The zero-order chi connectivity index (χ0) is 10.1. The van der Waals surface area contributed by atoms with E-state index >= 15 is 0 Å². The molecule has 2 aliphatic rings. The van der Waals surface area contributed by atoms with Crippen LogP contribution in [0, 0.1) is 0 Å². The highest BCUT2D eigenvalue weighted by Gasteiger charge is 2.49. The Labute approximate surface area is 90.9 Å². The van der Waals surface area contributed by atoms with Gasteiger partial charge in [0.15, 0.2) is 0 Å². The predicted molar refractivity (Wildman–Crippen MR) is 64.7 cm³/mol. The second-order valence-electron chi connectivity index (χ2n) is 4.43. The third-order valence-electron chi connectivity index (χ3n) is 3.57. The summed E-state index contributed by atoms with van der Waals surface area (Å²) in [7, 11) is 0. The molecule has 15 heavy (non-hydrogen) atoms. The van der Waals surface area contributed by atoms with E-state index in [4.69, 9.17) is 0 Å². The fourth-order valence-electron chi connectivity index (χ4n) is 2.55. The van der Waals surface area contributed by atoms with Crippen molar-refractivity contribution in [2.24, 2.45) is 0 Å². The van der Waals surface area contributed by atoms with Crippen molar-refractivity contribution in [2.45, 2.75) is 12.5 Å². The third kappa shape index (κ3) is 1.44. The molecule has 1 aliphatic heterocycles. The molecule has 0 aromatic heterocycles. The predicted octanol–water partition coefficient (Wildman–Crippen LogP) is 2.89. The molecule has 0 amide bonds. The molecule has 0 spiro atoms. The minimum atomic E-state index is 0.664. The van der Waals surface area contributed by atoms with E-state index in [9.17, 15) is 0 Å². The maximum absolute atomic E-state index is 2.36. The van der Waals surface area contributed by atoms with Crippen LogP contribution in [0.4, 0.5) is 5.69 Å². The van der Waals surface area contributed by atoms with E-state index in [1.807, 2.05) is 0 Å². The largest absolute Gasteiger partial charge is 0.276 e. The quantitative estimate of drug-likeness (QED) is 0.506. The van der Waals surface area contributed by atoms with Gasteiger partial charge in [-0.1, -0.05) is 36.4 Å². The maximum atomic E-state index is 2.36. The van der Waals surface area contributed by atoms with Crippen molar-refractivity contribution in [3.05, 3.63) is 54.6 Å². The number of hydrogen-bond acceptors (Lipinski definition) is 0. The van der Waals surface area contributed by atoms with Gasteiger partial charge < -0.3 is 0 Å². The lowest BCUT2D eigenvalue weighted by Crippen LogP contribution is -2.37. The van der Waals surface area contributed by atoms with Gasteiger partial charge in [0, 0.05) is 6.42 Å². The summed E-state index contributed by atoms with van der Waals surface area (Å²) in [6.07, 6.45) is 10.2. The molecule has 1 nitrogen and oxygen atoms in total. The minimum Gasteiger partial charge on any atom is -0.276 e. The van der Waals surface area contributed by atoms with E-state index in [2.05, 4.69) is 54.6 Å². The monoisotopic (exact) mass is 198 g/mol. The lowest BCUT2D eigenvalue weighted by molar-refractivity contribution is 0.456. The van der Waals surface area contributed by atoms with Crippen molar-refractivity contribution >= 4 is 5.69 Å². The first-order valence-electron chi connectivity index (χ1n) is 5.67. The van der Waals surface area contributed by atoms with Crippen molar-refractivity contribution in [3.8, 4) is 0 Å². The molecular formula is C14H16N+. The molecule has 3 rings (SSSR count). The summed E-state index contributed by atoms with van der Waals surface area (Å²) in [6.45, 7) is 2.60. The normalized spacial score (nSPS) is 26.5. The zero-order valence-electron chi connectivity index (χ0n) is 8.84. The summed E-state index contributed by atoms with van der Waals surface area (Å²) in [4.78, 5) is 0. The molecule has 0 bridgehead atoms. The fraction of sp³-hybridized carbons (Fsp3) is 0.286. The Morgan fingerprint density at radius 1 is 1.00 bits per heavy atom. The van der Waals surface area contributed by atoms with Crippen molar-refractivity contribution in [2.75, 3.05) is 13.1 Å². The Balaban J connectivity index is 1.91. The maximum Gasteiger partial charge on any atom is 0.134 e. The Morgan fingerprint density at radius 2 is 1.80 bits per heavy atom. The summed E-state index contributed by atoms with van der Waals surface area (Å²) in [5, 5.41) is 0. The molecule has 1 heterocycles. The number of quaternary nitrogens is 1. The van der Waals surface area contributed by atoms with Gasteiger partial charge in [-0.05, 0) is 18.2 Å². The first kappa shape index (κ1) is 8.93. The van der Waals surface area contributed by atoms with Crippen LogP contribution in [0.2, 0.25) is 0 Å². The van der Waals surface area contributed by atoms with E-state index in [-0.39, 0.29) is 0 Å². The Hall–Kier alpha value is -1.34. The van der Waals surface area contributed by atoms with Gasteiger partial charge in [-0.15, -0.1) is 0 Å². The first-order valence-corrected chi connectivity index (χ1v) is 5.67. The van der Waals surface area contributed by atoms with Crippen LogP contribution in [0.1, 0.15) is 6.42 Å².